The topological polar surface area (TPSA) is 0 Å². The van der Waals surface area contributed by atoms with Crippen LogP contribution in [0.5, 0.6) is 0 Å². The Hall–Kier alpha value is -2.52. The normalized spacial score (nSPS) is 14.2. The minimum atomic E-state index is 1.16. The number of fused-ring (bicyclic) bond motifs is 2. The van der Waals surface area contributed by atoms with E-state index in [2.05, 4.69) is 72.1 Å². The molecule has 2 aromatic rings. The molecule has 0 saturated carbocycles. The van der Waals surface area contributed by atoms with E-state index in [4.69, 9.17) is 0 Å². The van der Waals surface area contributed by atoms with Crippen molar-refractivity contribution in [3.05, 3.63) is 82.2 Å². The molecule has 0 atom stereocenters. The molecule has 0 bridgehead atoms. The fourth-order valence-corrected chi connectivity index (χ4v) is 2.57. The van der Waals surface area contributed by atoms with E-state index in [-0.39, 0.29) is 0 Å². The predicted octanol–water partition coefficient (Wildman–Crippen LogP) is 4.41. The first kappa shape index (κ1) is 9.50. The van der Waals surface area contributed by atoms with Gasteiger partial charge in [-0.3, -0.25) is 0 Å². The summed E-state index contributed by atoms with van der Waals surface area (Å²) in [6.07, 6.45) is 4.11. The molecule has 0 nitrogen and oxygen atoms in total. The fourth-order valence-electron chi connectivity index (χ4n) is 2.57. The number of hydrogen-bond acceptors (Lipinski definition) is 0. The van der Waals surface area contributed by atoms with E-state index < -0.39 is 0 Å². The van der Waals surface area contributed by atoms with E-state index in [1.807, 2.05) is 0 Å². The van der Waals surface area contributed by atoms with Crippen molar-refractivity contribution in [2.45, 2.75) is 0 Å². The maximum Gasteiger partial charge on any atom is 0.0400 e. The molecule has 0 aliphatic heterocycles. The van der Waals surface area contributed by atoms with Crippen LogP contribution in [0, 0.1) is 0 Å². The molecule has 0 heterocycles. The summed E-state index contributed by atoms with van der Waals surface area (Å²) < 4.78 is 0. The molecule has 4 rings (SSSR count). The van der Waals surface area contributed by atoms with Gasteiger partial charge in [-0.2, -0.15) is 0 Å². The largest absolute Gasteiger partial charge is 0.110 e. The molecule has 0 amide bonds. The highest BCUT2D eigenvalue weighted by molar-refractivity contribution is 6.12. The fraction of sp³-hybridized carbons (Fsp3) is 0. The highest BCUT2D eigenvalue weighted by Crippen LogP contribution is 2.39. The van der Waals surface area contributed by atoms with Gasteiger partial charge in [-0.05, 0) is 34.4 Å². The van der Waals surface area contributed by atoms with Gasteiger partial charge in [0.25, 0.3) is 0 Å². The van der Waals surface area contributed by atoms with Gasteiger partial charge in [0.1, 0.15) is 0 Å². The molecule has 0 unspecified atom stereocenters. The van der Waals surface area contributed by atoms with Crippen LogP contribution in [-0.4, -0.2) is 0 Å². The lowest BCUT2D eigenvalue weighted by Gasteiger charge is -2.07. The van der Waals surface area contributed by atoms with E-state index in [9.17, 15) is 0 Å². The van der Waals surface area contributed by atoms with Crippen molar-refractivity contribution in [1.82, 2.24) is 0 Å². The lowest BCUT2D eigenvalue weighted by molar-refractivity contribution is 1.58. The van der Waals surface area contributed by atoms with Crippen LogP contribution < -0.4 is 0 Å². The molecule has 18 heavy (non-hydrogen) atoms. The Kier molecular flexibility index (Phi) is 1.84. The van der Waals surface area contributed by atoms with Crippen LogP contribution in [0.4, 0.5) is 0 Å². The molecule has 2 aliphatic rings. The number of hydrogen-bond donors (Lipinski definition) is 0. The van der Waals surface area contributed by atoms with Crippen LogP contribution in [0.3, 0.4) is 0 Å². The Labute approximate surface area is 106 Å². The first-order chi connectivity index (χ1) is 8.93. The minimum absolute atomic E-state index is 1.16. The minimum Gasteiger partial charge on any atom is -0.110 e. The van der Waals surface area contributed by atoms with Crippen molar-refractivity contribution in [2.75, 3.05) is 0 Å². The summed E-state index contributed by atoms with van der Waals surface area (Å²) in [6, 6.07) is 16.8. The molecule has 0 saturated heterocycles. The third-order valence-corrected chi connectivity index (χ3v) is 3.45. The van der Waals surface area contributed by atoms with Gasteiger partial charge in [0, 0.05) is 11.1 Å². The molecule has 0 aromatic heterocycles. The maximum absolute atomic E-state index is 3.38. The molecule has 2 aromatic carbocycles. The second-order valence-electron chi connectivity index (χ2n) is 4.50. The SMILES string of the molecule is C1=Cc2ccccc2C=1C1=C=Cc2ccccc21. The Morgan fingerprint density at radius 3 is 1.50 bits per heavy atom. The van der Waals surface area contributed by atoms with Crippen LogP contribution in [-0.2, 0) is 0 Å². The van der Waals surface area contributed by atoms with E-state index >= 15 is 0 Å². The van der Waals surface area contributed by atoms with Gasteiger partial charge in [-0.25, -0.2) is 0 Å². The third kappa shape index (κ3) is 1.22. The van der Waals surface area contributed by atoms with Crippen molar-refractivity contribution in [3.8, 4) is 0 Å². The lowest BCUT2D eigenvalue weighted by Crippen LogP contribution is -1.88. The molecule has 82 valence electrons. The number of rotatable bonds is 1. The van der Waals surface area contributed by atoms with Crippen LogP contribution >= 0.6 is 0 Å². The summed E-state index contributed by atoms with van der Waals surface area (Å²) >= 11 is 0. The van der Waals surface area contributed by atoms with Gasteiger partial charge in [0.15, 0.2) is 0 Å². The van der Waals surface area contributed by atoms with E-state index in [1.54, 1.807) is 0 Å². The highest BCUT2D eigenvalue weighted by Gasteiger charge is 2.19. The summed E-state index contributed by atoms with van der Waals surface area (Å²) in [7, 11) is 0. The monoisotopic (exact) mass is 226 g/mol. The highest BCUT2D eigenvalue weighted by atomic mass is 14.2. The zero-order valence-electron chi connectivity index (χ0n) is 9.77. The van der Waals surface area contributed by atoms with Crippen LogP contribution in [0.1, 0.15) is 22.3 Å². The standard InChI is InChI=1S/C18H10/c1-3-7-15-13(5-1)9-11-17(15)18-12-10-14-6-2-4-8-16(14)18/h1-10H. The molecular formula is C18H10. The smallest absolute Gasteiger partial charge is 0.0400 e. The molecule has 0 radical (unpaired) electrons. The average molecular weight is 226 g/mol. The van der Waals surface area contributed by atoms with Gasteiger partial charge in [-0.1, -0.05) is 48.5 Å². The first-order valence-corrected chi connectivity index (χ1v) is 6.06. The van der Waals surface area contributed by atoms with Crippen molar-refractivity contribution >= 4 is 23.3 Å². The van der Waals surface area contributed by atoms with Crippen molar-refractivity contribution in [3.63, 3.8) is 0 Å². The number of benzene rings is 2. The summed E-state index contributed by atoms with van der Waals surface area (Å²) in [5.41, 5.74) is 14.1. The molecule has 2 aliphatic carbocycles. The van der Waals surface area contributed by atoms with E-state index in [1.165, 1.54) is 22.3 Å². The van der Waals surface area contributed by atoms with Crippen molar-refractivity contribution in [1.29, 1.82) is 0 Å². The van der Waals surface area contributed by atoms with E-state index in [0.29, 0.717) is 0 Å². The molecule has 0 heteroatoms. The lowest BCUT2D eigenvalue weighted by atomic mass is 9.94. The van der Waals surface area contributed by atoms with Crippen molar-refractivity contribution in [2.24, 2.45) is 0 Å². The zero-order chi connectivity index (χ0) is 11.9. The van der Waals surface area contributed by atoms with Gasteiger partial charge >= 0.3 is 0 Å². The maximum atomic E-state index is 3.38. The Balaban J connectivity index is 1.90. The average Bonchev–Trinajstić information content (AvgIpc) is 3.01. The molecule has 0 N–H and O–H groups in total. The molecule has 0 spiro atoms. The Bertz CT molecular complexity index is 721. The van der Waals surface area contributed by atoms with E-state index in [0.717, 1.165) is 11.1 Å². The molecule has 0 fully saturated rings. The summed E-state index contributed by atoms with van der Waals surface area (Å²) in [5, 5.41) is 0. The first-order valence-electron chi connectivity index (χ1n) is 6.06. The van der Waals surface area contributed by atoms with Crippen LogP contribution in [0.2, 0.25) is 0 Å². The van der Waals surface area contributed by atoms with Gasteiger partial charge in [-0.15, -0.1) is 11.5 Å². The van der Waals surface area contributed by atoms with Gasteiger partial charge < -0.3 is 0 Å². The summed E-state index contributed by atoms with van der Waals surface area (Å²) in [6.45, 7) is 0. The predicted molar refractivity (Wildman–Crippen MR) is 75.7 cm³/mol. The summed E-state index contributed by atoms with van der Waals surface area (Å²) in [4.78, 5) is 0. The molecular weight excluding hydrogens is 216 g/mol. The van der Waals surface area contributed by atoms with Crippen LogP contribution in [0.15, 0.2) is 60.0 Å². The van der Waals surface area contributed by atoms with Gasteiger partial charge in [0.05, 0.1) is 0 Å². The second-order valence-corrected chi connectivity index (χ2v) is 4.50. The zero-order valence-corrected chi connectivity index (χ0v) is 9.77. The van der Waals surface area contributed by atoms with Crippen LogP contribution in [0.25, 0.3) is 23.3 Å². The Morgan fingerprint density at radius 1 is 0.556 bits per heavy atom. The second kappa shape index (κ2) is 3.48. The number of allylic oxidation sites excluding steroid dienone is 2. The quantitative estimate of drug-likeness (QED) is 0.632. The Morgan fingerprint density at radius 2 is 1.00 bits per heavy atom. The third-order valence-electron chi connectivity index (χ3n) is 3.45. The summed E-state index contributed by atoms with van der Waals surface area (Å²) in [5.74, 6) is 0. The van der Waals surface area contributed by atoms with Gasteiger partial charge in [0.2, 0.25) is 0 Å². The van der Waals surface area contributed by atoms with Crippen molar-refractivity contribution < 1.29 is 0 Å².